The van der Waals surface area contributed by atoms with Crippen molar-refractivity contribution >= 4 is 72.7 Å². The van der Waals surface area contributed by atoms with E-state index in [0.717, 1.165) is 17.9 Å². The summed E-state index contributed by atoms with van der Waals surface area (Å²) in [5, 5.41) is 0. The Morgan fingerprint density at radius 1 is 0.667 bits per heavy atom. The van der Waals surface area contributed by atoms with Crippen molar-refractivity contribution in [3.8, 4) is 0 Å². The first-order chi connectivity index (χ1) is 5.61. The minimum Gasteiger partial charge on any atom is -0.0496 e. The Bertz CT molecular complexity index is 355. The Balaban J connectivity index is 2.63. The van der Waals surface area contributed by atoms with Gasteiger partial charge in [0.2, 0.25) is 0 Å². The summed E-state index contributed by atoms with van der Waals surface area (Å²) >= 11 is 13.9. The van der Waals surface area contributed by atoms with Gasteiger partial charge in [-0.25, -0.2) is 0 Å². The van der Waals surface area contributed by atoms with Gasteiger partial charge in [-0.05, 0) is 87.0 Å². The first-order valence-corrected chi connectivity index (χ1v) is 6.33. The number of hydrogen-bond donors (Lipinski definition) is 0. The third kappa shape index (κ3) is 1.27. The van der Waals surface area contributed by atoms with Crippen molar-refractivity contribution in [3.63, 3.8) is 0 Å². The Labute approximate surface area is 104 Å². The van der Waals surface area contributed by atoms with Crippen LogP contribution in [0.4, 0.5) is 0 Å². The Morgan fingerprint density at radius 2 is 1.00 bits per heavy atom. The van der Waals surface area contributed by atoms with Crippen molar-refractivity contribution in [1.82, 2.24) is 0 Å². The van der Waals surface area contributed by atoms with Gasteiger partial charge in [0.25, 0.3) is 0 Å². The van der Waals surface area contributed by atoms with E-state index in [-0.39, 0.29) is 0 Å². The molecule has 0 amide bonds. The van der Waals surface area contributed by atoms with E-state index in [2.05, 4.69) is 75.9 Å². The highest BCUT2D eigenvalue weighted by atomic mass is 79.9. The fourth-order valence-corrected chi connectivity index (χ4v) is 2.85. The van der Waals surface area contributed by atoms with Crippen LogP contribution < -0.4 is 0 Å². The van der Waals surface area contributed by atoms with Crippen LogP contribution in [0.2, 0.25) is 0 Å². The zero-order chi connectivity index (χ0) is 8.88. The van der Waals surface area contributed by atoms with Crippen LogP contribution in [-0.4, -0.2) is 0 Å². The van der Waals surface area contributed by atoms with Crippen LogP contribution in [0.15, 0.2) is 21.1 Å². The molecule has 0 saturated carbocycles. The maximum atomic E-state index is 3.48. The molecular weight excluding hydrogens is 416 g/mol. The smallest absolute Gasteiger partial charge is 0.0403 e. The highest BCUT2D eigenvalue weighted by molar-refractivity contribution is 9.18. The van der Waals surface area contributed by atoms with Crippen LogP contribution >= 0.6 is 63.7 Å². The van der Waals surface area contributed by atoms with Gasteiger partial charge in [0.05, 0.1) is 0 Å². The lowest BCUT2D eigenvalue weighted by Gasteiger charge is -2.20. The molecular formula is C8H2Br4. The summed E-state index contributed by atoms with van der Waals surface area (Å²) in [6.07, 6.45) is 0. The molecule has 0 N–H and O–H groups in total. The lowest BCUT2D eigenvalue weighted by atomic mass is 9.98. The maximum Gasteiger partial charge on any atom is 0.0403 e. The first kappa shape index (κ1) is 9.44. The van der Waals surface area contributed by atoms with Gasteiger partial charge in [-0.1, -0.05) is 0 Å². The van der Waals surface area contributed by atoms with Crippen molar-refractivity contribution in [2.24, 2.45) is 0 Å². The van der Waals surface area contributed by atoms with Gasteiger partial charge < -0.3 is 0 Å². The highest BCUT2D eigenvalue weighted by Gasteiger charge is 2.23. The highest BCUT2D eigenvalue weighted by Crippen LogP contribution is 2.49. The van der Waals surface area contributed by atoms with E-state index >= 15 is 0 Å². The van der Waals surface area contributed by atoms with E-state index < -0.39 is 0 Å². The summed E-state index contributed by atoms with van der Waals surface area (Å²) in [6.45, 7) is 0. The van der Waals surface area contributed by atoms with Crippen LogP contribution in [0.25, 0.3) is 8.96 Å². The van der Waals surface area contributed by atoms with Crippen LogP contribution in [0.5, 0.6) is 0 Å². The first-order valence-electron chi connectivity index (χ1n) is 3.16. The number of halogens is 4. The predicted molar refractivity (Wildman–Crippen MR) is 66.5 cm³/mol. The Kier molecular flexibility index (Phi) is 2.54. The summed E-state index contributed by atoms with van der Waals surface area (Å²) in [4.78, 5) is 0. The number of fused-ring (bicyclic) bond motifs is 1. The molecule has 1 aromatic rings. The van der Waals surface area contributed by atoms with Crippen molar-refractivity contribution in [2.75, 3.05) is 0 Å². The molecule has 0 aromatic heterocycles. The average molecular weight is 418 g/mol. The third-order valence-electron chi connectivity index (χ3n) is 1.73. The molecule has 1 aromatic carbocycles. The van der Waals surface area contributed by atoms with Gasteiger partial charge >= 0.3 is 0 Å². The SMILES string of the molecule is BrC1=C(Br)c2cc(Br)c(Br)cc21. The molecule has 0 heterocycles. The van der Waals surface area contributed by atoms with E-state index in [1.165, 1.54) is 11.1 Å². The van der Waals surface area contributed by atoms with Crippen molar-refractivity contribution in [2.45, 2.75) is 0 Å². The number of hydrogen-bond acceptors (Lipinski definition) is 0. The normalized spacial score (nSPS) is 14.3. The molecule has 1 aliphatic rings. The molecule has 0 saturated heterocycles. The summed E-state index contributed by atoms with van der Waals surface area (Å²) < 4.78 is 4.45. The van der Waals surface area contributed by atoms with E-state index in [1.807, 2.05) is 0 Å². The fourth-order valence-electron chi connectivity index (χ4n) is 1.08. The van der Waals surface area contributed by atoms with Crippen LogP contribution in [0.3, 0.4) is 0 Å². The molecule has 0 atom stereocenters. The molecule has 1 aliphatic carbocycles. The van der Waals surface area contributed by atoms with Crippen molar-refractivity contribution < 1.29 is 0 Å². The number of benzene rings is 1. The molecule has 12 heavy (non-hydrogen) atoms. The molecule has 62 valence electrons. The van der Waals surface area contributed by atoms with Crippen molar-refractivity contribution in [1.29, 1.82) is 0 Å². The minimum absolute atomic E-state index is 1.08. The number of rotatable bonds is 0. The van der Waals surface area contributed by atoms with Gasteiger partial charge in [-0.15, -0.1) is 0 Å². The molecule has 2 rings (SSSR count). The van der Waals surface area contributed by atoms with Crippen molar-refractivity contribution in [3.05, 3.63) is 32.2 Å². The van der Waals surface area contributed by atoms with E-state index in [4.69, 9.17) is 0 Å². The zero-order valence-electron chi connectivity index (χ0n) is 5.67. The summed E-state index contributed by atoms with van der Waals surface area (Å²) in [5.74, 6) is 0. The van der Waals surface area contributed by atoms with Gasteiger partial charge in [0.15, 0.2) is 0 Å². The molecule has 0 aliphatic heterocycles. The Morgan fingerprint density at radius 3 is 1.33 bits per heavy atom. The maximum absolute atomic E-state index is 3.48. The predicted octanol–water partition coefficient (Wildman–Crippen LogP) is 5.14. The monoisotopic (exact) mass is 414 g/mol. The summed E-state index contributed by atoms with van der Waals surface area (Å²) in [6, 6.07) is 4.18. The second kappa shape index (κ2) is 3.23. The molecule has 0 nitrogen and oxygen atoms in total. The van der Waals surface area contributed by atoms with Gasteiger partial charge in [-0.2, -0.15) is 0 Å². The summed E-state index contributed by atoms with van der Waals surface area (Å²) in [7, 11) is 0. The fraction of sp³-hybridized carbons (Fsp3) is 0. The molecule has 4 heteroatoms. The zero-order valence-corrected chi connectivity index (χ0v) is 12.0. The van der Waals surface area contributed by atoms with Gasteiger partial charge in [0, 0.05) is 17.9 Å². The van der Waals surface area contributed by atoms with Crippen LogP contribution in [0, 0.1) is 0 Å². The molecule has 0 bridgehead atoms. The molecule has 0 spiro atoms. The second-order valence-electron chi connectivity index (χ2n) is 2.44. The van der Waals surface area contributed by atoms with Gasteiger partial charge in [0.1, 0.15) is 0 Å². The molecule has 0 fully saturated rings. The van der Waals surface area contributed by atoms with Crippen LogP contribution in [-0.2, 0) is 0 Å². The topological polar surface area (TPSA) is 0 Å². The molecule has 0 radical (unpaired) electrons. The van der Waals surface area contributed by atoms with Crippen LogP contribution in [0.1, 0.15) is 11.1 Å². The quantitative estimate of drug-likeness (QED) is 0.548. The minimum atomic E-state index is 1.08. The van der Waals surface area contributed by atoms with E-state index in [0.29, 0.717) is 0 Å². The third-order valence-corrected chi connectivity index (χ3v) is 5.75. The lowest BCUT2D eigenvalue weighted by Crippen LogP contribution is -1.98. The van der Waals surface area contributed by atoms with E-state index in [9.17, 15) is 0 Å². The average Bonchev–Trinajstić information content (AvgIpc) is 2.08. The second-order valence-corrected chi connectivity index (χ2v) is 5.73. The molecule has 0 unspecified atom stereocenters. The van der Waals surface area contributed by atoms with Gasteiger partial charge in [-0.3, -0.25) is 0 Å². The largest absolute Gasteiger partial charge is 0.0496 e. The standard InChI is InChI=1S/C8H2Br4/c9-5-1-3-4(2-6(5)10)8(12)7(3)11/h1-2H. The lowest BCUT2D eigenvalue weighted by molar-refractivity contribution is 1.49. The summed E-state index contributed by atoms with van der Waals surface area (Å²) in [5.41, 5.74) is 2.49. The van der Waals surface area contributed by atoms with E-state index in [1.54, 1.807) is 0 Å². The Hall–Kier alpha value is 0.880.